The molecule has 2 aromatic rings. The normalized spacial score (nSPS) is 22.1. The molecule has 5 rings (SSSR count). The van der Waals surface area contributed by atoms with Crippen LogP contribution in [-0.4, -0.2) is 27.1 Å². The van der Waals surface area contributed by atoms with Crippen LogP contribution in [0.1, 0.15) is 43.5 Å². The first-order chi connectivity index (χ1) is 13.1. The predicted octanol–water partition coefficient (Wildman–Crippen LogP) is 5.00. The van der Waals surface area contributed by atoms with Gasteiger partial charge in [0.15, 0.2) is 0 Å². The number of fused-ring (bicyclic) bond motifs is 2. The highest BCUT2D eigenvalue weighted by molar-refractivity contribution is 6.02. The molecule has 1 fully saturated rings. The van der Waals surface area contributed by atoms with Gasteiger partial charge in [-0.25, -0.2) is 0 Å². The highest BCUT2D eigenvalue weighted by Crippen LogP contribution is 2.35. The van der Waals surface area contributed by atoms with Crippen molar-refractivity contribution in [3.05, 3.63) is 66.2 Å². The second-order valence-electron chi connectivity index (χ2n) is 7.77. The quantitative estimate of drug-likeness (QED) is 0.758. The Kier molecular flexibility index (Phi) is 3.67. The number of aromatic nitrogens is 1. The van der Waals surface area contributed by atoms with Crippen molar-refractivity contribution in [3.8, 4) is 0 Å². The van der Waals surface area contributed by atoms with Crippen molar-refractivity contribution < 1.29 is 4.79 Å². The maximum absolute atomic E-state index is 12.6. The van der Waals surface area contributed by atoms with E-state index in [1.165, 1.54) is 5.57 Å². The lowest BCUT2D eigenvalue weighted by molar-refractivity contribution is 0.0891. The zero-order valence-electron chi connectivity index (χ0n) is 15.7. The highest BCUT2D eigenvalue weighted by atomic mass is 16.2. The van der Waals surface area contributed by atoms with Gasteiger partial charge in [-0.15, -0.1) is 0 Å². The van der Waals surface area contributed by atoms with Gasteiger partial charge < -0.3 is 4.90 Å². The van der Waals surface area contributed by atoms with Crippen molar-refractivity contribution in [1.82, 2.24) is 9.47 Å². The van der Waals surface area contributed by atoms with Gasteiger partial charge in [-0.05, 0) is 51.3 Å². The molecule has 4 heteroatoms. The summed E-state index contributed by atoms with van der Waals surface area (Å²) in [6.07, 6.45) is 13.6. The summed E-state index contributed by atoms with van der Waals surface area (Å²) < 4.78 is 1.82. The van der Waals surface area contributed by atoms with Crippen molar-refractivity contribution in [2.24, 2.45) is 10.9 Å². The van der Waals surface area contributed by atoms with E-state index in [0.717, 1.165) is 47.1 Å². The van der Waals surface area contributed by atoms with E-state index in [1.807, 2.05) is 29.0 Å². The van der Waals surface area contributed by atoms with E-state index < -0.39 is 0 Å². The van der Waals surface area contributed by atoms with Crippen LogP contribution >= 0.6 is 0 Å². The summed E-state index contributed by atoms with van der Waals surface area (Å²) in [7, 11) is 0. The molecule has 1 unspecified atom stereocenters. The van der Waals surface area contributed by atoms with E-state index in [4.69, 9.17) is 4.99 Å². The second-order valence-corrected chi connectivity index (χ2v) is 7.77. The van der Waals surface area contributed by atoms with E-state index in [0.29, 0.717) is 0 Å². The molecule has 0 N–H and O–H groups in total. The Morgan fingerprint density at radius 3 is 2.85 bits per heavy atom. The third-order valence-electron chi connectivity index (χ3n) is 5.76. The van der Waals surface area contributed by atoms with Crippen LogP contribution in [0.5, 0.6) is 0 Å². The average molecular weight is 357 g/mol. The van der Waals surface area contributed by atoms with Gasteiger partial charge in [0.05, 0.1) is 17.3 Å². The maximum atomic E-state index is 12.6. The van der Waals surface area contributed by atoms with Crippen molar-refractivity contribution in [3.63, 3.8) is 0 Å². The number of allylic oxidation sites excluding steroid dienone is 2. The SMILES string of the molecule is CC1=CCC2C(C)=NC(c3cccc4c3ccn4C(=O)C3CC3)=CN2C=C1. The largest absolute Gasteiger partial charge is 0.343 e. The number of carbonyl (C=O) groups excluding carboxylic acids is 1. The van der Waals surface area contributed by atoms with Gasteiger partial charge in [0.1, 0.15) is 0 Å². The summed E-state index contributed by atoms with van der Waals surface area (Å²) in [5.74, 6) is 0.425. The lowest BCUT2D eigenvalue weighted by atomic mass is 10.0. The molecule has 1 aromatic carbocycles. The summed E-state index contributed by atoms with van der Waals surface area (Å²) in [4.78, 5) is 19.8. The van der Waals surface area contributed by atoms with Crippen LogP contribution in [0.15, 0.2) is 65.6 Å². The number of nitrogens with zero attached hydrogens (tertiary/aromatic N) is 3. The van der Waals surface area contributed by atoms with E-state index in [9.17, 15) is 4.79 Å². The minimum Gasteiger partial charge on any atom is -0.343 e. The predicted molar refractivity (Wildman–Crippen MR) is 110 cm³/mol. The first kappa shape index (κ1) is 16.3. The molecule has 1 saturated carbocycles. The lowest BCUT2D eigenvalue weighted by Gasteiger charge is -2.30. The van der Waals surface area contributed by atoms with Crippen LogP contribution in [0.2, 0.25) is 0 Å². The van der Waals surface area contributed by atoms with Gasteiger partial charge in [0.25, 0.3) is 0 Å². The van der Waals surface area contributed by atoms with Gasteiger partial charge in [-0.1, -0.05) is 23.8 Å². The molecule has 2 aliphatic heterocycles. The summed E-state index contributed by atoms with van der Waals surface area (Å²) in [6, 6.07) is 8.48. The van der Waals surface area contributed by atoms with Gasteiger partial charge >= 0.3 is 0 Å². The van der Waals surface area contributed by atoms with E-state index in [2.05, 4.69) is 49.4 Å². The van der Waals surface area contributed by atoms with Gasteiger partial charge in [0.2, 0.25) is 5.91 Å². The molecule has 4 nitrogen and oxygen atoms in total. The molecule has 0 amide bonds. The minimum absolute atomic E-state index is 0.206. The summed E-state index contributed by atoms with van der Waals surface area (Å²) in [6.45, 7) is 4.24. The summed E-state index contributed by atoms with van der Waals surface area (Å²) >= 11 is 0. The van der Waals surface area contributed by atoms with Gasteiger partial charge in [-0.2, -0.15) is 0 Å². The first-order valence-electron chi connectivity index (χ1n) is 9.66. The standard InChI is InChI=1S/C23H23N3O/c1-15-6-9-21-16(2)24-20(14-25(21)12-10-15)18-4-3-5-22-19(18)11-13-26(22)23(27)17-7-8-17/h3-6,10-14,17,21H,7-9H2,1-2H3. The van der Waals surface area contributed by atoms with E-state index >= 15 is 0 Å². The molecule has 27 heavy (non-hydrogen) atoms. The zero-order valence-corrected chi connectivity index (χ0v) is 15.7. The molecule has 3 aliphatic rings. The van der Waals surface area contributed by atoms with Crippen LogP contribution in [0.4, 0.5) is 0 Å². The van der Waals surface area contributed by atoms with Crippen LogP contribution in [0.3, 0.4) is 0 Å². The van der Waals surface area contributed by atoms with Crippen molar-refractivity contribution in [1.29, 1.82) is 0 Å². The van der Waals surface area contributed by atoms with Crippen molar-refractivity contribution in [2.45, 2.75) is 39.2 Å². The Morgan fingerprint density at radius 1 is 1.19 bits per heavy atom. The van der Waals surface area contributed by atoms with E-state index in [-0.39, 0.29) is 17.9 Å². The Bertz CT molecular complexity index is 1060. The molecular weight excluding hydrogens is 334 g/mol. The number of hydrogen-bond acceptors (Lipinski definition) is 3. The summed E-state index contributed by atoms with van der Waals surface area (Å²) in [5, 5.41) is 1.08. The lowest BCUT2D eigenvalue weighted by Crippen LogP contribution is -2.34. The molecule has 0 saturated heterocycles. The molecular formula is C23H23N3O. The van der Waals surface area contributed by atoms with Crippen molar-refractivity contribution >= 4 is 28.2 Å². The Labute approximate surface area is 159 Å². The number of carbonyl (C=O) groups is 1. The van der Waals surface area contributed by atoms with Crippen LogP contribution < -0.4 is 0 Å². The molecule has 1 aliphatic carbocycles. The Balaban J connectivity index is 1.59. The first-order valence-corrected chi connectivity index (χ1v) is 9.66. The molecule has 0 bridgehead atoms. The molecule has 1 atom stereocenters. The van der Waals surface area contributed by atoms with Crippen molar-refractivity contribution in [2.75, 3.05) is 0 Å². The average Bonchev–Trinajstić information content (AvgIpc) is 3.45. The number of benzene rings is 1. The zero-order chi connectivity index (χ0) is 18.5. The third kappa shape index (κ3) is 2.76. The molecule has 3 heterocycles. The Morgan fingerprint density at radius 2 is 2.04 bits per heavy atom. The van der Waals surface area contributed by atoms with Gasteiger partial charge in [0, 0.05) is 41.2 Å². The fourth-order valence-corrected chi connectivity index (χ4v) is 3.99. The summed E-state index contributed by atoms with van der Waals surface area (Å²) in [5.41, 5.74) is 5.41. The maximum Gasteiger partial charge on any atom is 0.234 e. The number of aliphatic imine (C=N–C) groups is 1. The second kappa shape index (κ2) is 6.08. The fraction of sp³-hybridized carbons (Fsp3) is 0.304. The molecule has 0 radical (unpaired) electrons. The monoisotopic (exact) mass is 357 g/mol. The molecule has 136 valence electrons. The van der Waals surface area contributed by atoms with E-state index in [1.54, 1.807) is 0 Å². The molecule has 1 aromatic heterocycles. The fourth-order valence-electron chi connectivity index (χ4n) is 3.99. The number of rotatable bonds is 2. The van der Waals surface area contributed by atoms with Crippen LogP contribution in [-0.2, 0) is 0 Å². The third-order valence-corrected chi connectivity index (χ3v) is 5.76. The minimum atomic E-state index is 0.206. The van der Waals surface area contributed by atoms with Gasteiger partial charge in [-0.3, -0.25) is 14.4 Å². The highest BCUT2D eigenvalue weighted by Gasteiger charge is 2.31. The van der Waals surface area contributed by atoms with Crippen LogP contribution in [0.25, 0.3) is 16.6 Å². The Hall–Kier alpha value is -2.88. The smallest absolute Gasteiger partial charge is 0.234 e. The van der Waals surface area contributed by atoms with Crippen LogP contribution in [0, 0.1) is 5.92 Å². The number of hydrogen-bond donors (Lipinski definition) is 0. The molecule has 0 spiro atoms. The topological polar surface area (TPSA) is 37.6 Å².